The maximum absolute atomic E-state index is 2.32. The quantitative estimate of drug-likeness (QED) is 0.470. The van der Waals surface area contributed by atoms with Gasteiger partial charge in [0.1, 0.15) is 0 Å². The predicted octanol–water partition coefficient (Wildman–Crippen LogP) is 2.51. The summed E-state index contributed by atoms with van der Waals surface area (Å²) in [6, 6.07) is 0. The first kappa shape index (κ1) is 4.73. The van der Waals surface area contributed by atoms with Gasteiger partial charge >= 0.3 is 0 Å². The van der Waals surface area contributed by atoms with Crippen LogP contribution in [0.5, 0.6) is 0 Å². The van der Waals surface area contributed by atoms with E-state index < -0.39 is 0 Å². The summed E-state index contributed by atoms with van der Waals surface area (Å²) in [5.74, 6) is 0. The molecule has 0 nitrogen and oxygen atoms in total. The van der Waals surface area contributed by atoms with E-state index in [2.05, 4.69) is 25.2 Å². The molecule has 0 saturated heterocycles. The lowest BCUT2D eigenvalue weighted by Gasteiger charge is -2.01. The van der Waals surface area contributed by atoms with Crippen LogP contribution in [0, 0.1) is 0 Å². The van der Waals surface area contributed by atoms with E-state index in [0.29, 0.717) is 0 Å². The van der Waals surface area contributed by atoms with Crippen molar-refractivity contribution in [1.82, 2.24) is 0 Å². The molecule has 10 heavy (non-hydrogen) atoms. The molecular formula is C10H8. The van der Waals surface area contributed by atoms with Gasteiger partial charge in [0, 0.05) is 0 Å². The Morgan fingerprint density at radius 1 is 1.20 bits per heavy atom. The van der Waals surface area contributed by atoms with E-state index >= 15 is 0 Å². The lowest BCUT2D eigenvalue weighted by atomic mass is 10.0. The molecule has 0 radical (unpaired) electrons. The lowest BCUT2D eigenvalue weighted by molar-refractivity contribution is 1.19. The first-order valence-electron chi connectivity index (χ1n) is 3.69. The van der Waals surface area contributed by atoms with Crippen molar-refractivity contribution in [2.45, 2.75) is 13.3 Å². The van der Waals surface area contributed by atoms with Crippen molar-refractivity contribution in [1.29, 1.82) is 0 Å². The van der Waals surface area contributed by atoms with E-state index in [4.69, 9.17) is 0 Å². The second-order valence-electron chi connectivity index (χ2n) is 3.22. The fourth-order valence-electron chi connectivity index (χ4n) is 2.04. The molecule has 0 aromatic heterocycles. The van der Waals surface area contributed by atoms with E-state index in [-0.39, 0.29) is 0 Å². The molecule has 0 heterocycles. The van der Waals surface area contributed by atoms with Crippen LogP contribution in [-0.4, -0.2) is 0 Å². The molecule has 0 aromatic rings. The average molecular weight is 128 g/mol. The molecule has 48 valence electrons. The van der Waals surface area contributed by atoms with Gasteiger partial charge in [-0.25, -0.2) is 0 Å². The Morgan fingerprint density at radius 2 is 2.10 bits per heavy atom. The van der Waals surface area contributed by atoms with E-state index in [1.807, 2.05) is 0 Å². The van der Waals surface area contributed by atoms with Crippen molar-refractivity contribution >= 4 is 0 Å². The monoisotopic (exact) mass is 128 g/mol. The van der Waals surface area contributed by atoms with Gasteiger partial charge < -0.3 is 0 Å². The van der Waals surface area contributed by atoms with Crippen molar-refractivity contribution in [3.05, 3.63) is 46.1 Å². The van der Waals surface area contributed by atoms with Crippen LogP contribution in [0.3, 0.4) is 0 Å². The third-order valence-corrected chi connectivity index (χ3v) is 2.54. The minimum absolute atomic E-state index is 1.20. The third-order valence-electron chi connectivity index (χ3n) is 2.54. The second kappa shape index (κ2) is 1.20. The second-order valence-corrected chi connectivity index (χ2v) is 3.22. The Balaban J connectivity index is 2.38. The van der Waals surface area contributed by atoms with Crippen LogP contribution in [0.2, 0.25) is 0 Å². The molecule has 0 N–H and O–H groups in total. The van der Waals surface area contributed by atoms with Crippen molar-refractivity contribution in [3.8, 4) is 0 Å². The largest absolute Gasteiger partial charge is 0.0511 e. The molecule has 3 rings (SSSR count). The lowest BCUT2D eigenvalue weighted by Crippen LogP contribution is -1.83. The highest BCUT2D eigenvalue weighted by molar-refractivity contribution is 5.73. The van der Waals surface area contributed by atoms with Crippen LogP contribution >= 0.6 is 0 Å². The number of hydrogen-bond donors (Lipinski definition) is 0. The van der Waals surface area contributed by atoms with Gasteiger partial charge in [-0.2, -0.15) is 0 Å². The minimum atomic E-state index is 1.20. The van der Waals surface area contributed by atoms with E-state index in [1.54, 1.807) is 5.57 Å². The van der Waals surface area contributed by atoms with Gasteiger partial charge in [-0.3, -0.25) is 0 Å². The van der Waals surface area contributed by atoms with Crippen LogP contribution in [0.25, 0.3) is 0 Å². The Hall–Kier alpha value is -1.04. The van der Waals surface area contributed by atoms with Crippen LogP contribution in [0.1, 0.15) is 13.3 Å². The van der Waals surface area contributed by atoms with Gasteiger partial charge in [-0.15, -0.1) is 0 Å². The number of hydrogen-bond acceptors (Lipinski definition) is 0. The van der Waals surface area contributed by atoms with Gasteiger partial charge in [-0.05, 0) is 41.2 Å². The third kappa shape index (κ3) is 0.340. The van der Waals surface area contributed by atoms with Crippen molar-refractivity contribution in [2.75, 3.05) is 0 Å². The van der Waals surface area contributed by atoms with Gasteiger partial charge in [-0.1, -0.05) is 18.2 Å². The molecule has 0 fully saturated rings. The normalized spacial score (nSPS) is 25.5. The predicted molar refractivity (Wildman–Crippen MR) is 41.6 cm³/mol. The molecule has 0 amide bonds. The van der Waals surface area contributed by atoms with Crippen LogP contribution in [0.4, 0.5) is 0 Å². The maximum atomic E-state index is 2.32. The molecular weight excluding hydrogens is 120 g/mol. The molecule has 0 aromatic carbocycles. The van der Waals surface area contributed by atoms with Crippen LogP contribution in [0.15, 0.2) is 46.1 Å². The zero-order chi connectivity index (χ0) is 6.72. The number of allylic oxidation sites excluding steroid dienone is 8. The highest BCUT2D eigenvalue weighted by atomic mass is 14.3. The molecule has 0 atom stereocenters. The first-order valence-corrected chi connectivity index (χ1v) is 3.69. The first-order chi connectivity index (χ1) is 4.84. The summed E-state index contributed by atoms with van der Waals surface area (Å²) in [6.45, 7) is 2.21. The topological polar surface area (TPSA) is 0 Å². The van der Waals surface area contributed by atoms with Crippen molar-refractivity contribution in [3.63, 3.8) is 0 Å². The fourth-order valence-corrected chi connectivity index (χ4v) is 2.04. The van der Waals surface area contributed by atoms with Crippen LogP contribution in [-0.2, 0) is 0 Å². The maximum Gasteiger partial charge on any atom is -0.00165 e. The molecule has 0 aliphatic heterocycles. The zero-order valence-electron chi connectivity index (χ0n) is 5.94. The molecule has 3 aliphatic rings. The molecule has 0 heteroatoms. The molecule has 0 spiro atoms. The summed E-state index contributed by atoms with van der Waals surface area (Å²) in [5, 5.41) is 0. The van der Waals surface area contributed by atoms with E-state index in [1.165, 1.54) is 28.7 Å². The Kier molecular flexibility index (Phi) is 0.565. The summed E-state index contributed by atoms with van der Waals surface area (Å²) in [7, 11) is 0. The van der Waals surface area contributed by atoms with Crippen molar-refractivity contribution in [2.24, 2.45) is 0 Å². The summed E-state index contributed by atoms with van der Waals surface area (Å²) in [5.41, 5.74) is 7.52. The zero-order valence-corrected chi connectivity index (χ0v) is 5.94. The highest BCUT2D eigenvalue weighted by Gasteiger charge is 2.27. The highest BCUT2D eigenvalue weighted by Crippen LogP contribution is 2.46. The SMILES string of the molecule is CC1=CC2=CC3=CC2=C1C3. The van der Waals surface area contributed by atoms with Gasteiger partial charge in [0.2, 0.25) is 0 Å². The Bertz CT molecular complexity index is 346. The van der Waals surface area contributed by atoms with Gasteiger partial charge in [0.05, 0.1) is 0 Å². The number of rotatable bonds is 0. The summed E-state index contributed by atoms with van der Waals surface area (Å²) < 4.78 is 0. The molecule has 2 bridgehead atoms. The molecule has 0 saturated carbocycles. The average Bonchev–Trinajstić information content (AvgIpc) is 2.44. The standard InChI is InChI=1S/C10H8/c1-6-2-8-3-7-4-9(6)10(8)5-7/h2-3,5H,4H2,1H3. The Morgan fingerprint density at radius 3 is 2.70 bits per heavy atom. The van der Waals surface area contributed by atoms with E-state index in [9.17, 15) is 0 Å². The molecule has 0 unspecified atom stereocenters. The van der Waals surface area contributed by atoms with Gasteiger partial charge in [0.15, 0.2) is 0 Å². The van der Waals surface area contributed by atoms with Gasteiger partial charge in [0.25, 0.3) is 0 Å². The smallest absolute Gasteiger partial charge is 0.00165 e. The Labute approximate surface area is 60.2 Å². The summed E-state index contributed by atoms with van der Waals surface area (Å²) >= 11 is 0. The van der Waals surface area contributed by atoms with Crippen molar-refractivity contribution < 1.29 is 0 Å². The summed E-state index contributed by atoms with van der Waals surface area (Å²) in [6.07, 6.45) is 8.11. The fraction of sp³-hybridized carbons (Fsp3) is 0.200. The van der Waals surface area contributed by atoms with E-state index in [0.717, 1.165) is 0 Å². The van der Waals surface area contributed by atoms with Crippen LogP contribution < -0.4 is 0 Å². The molecule has 3 aliphatic carbocycles. The minimum Gasteiger partial charge on any atom is -0.0511 e. The summed E-state index contributed by atoms with van der Waals surface area (Å²) in [4.78, 5) is 0.